The summed E-state index contributed by atoms with van der Waals surface area (Å²) in [5, 5.41) is 4.29. The minimum absolute atomic E-state index is 0.163. The summed E-state index contributed by atoms with van der Waals surface area (Å²) in [5.41, 5.74) is 1.03. The van der Waals surface area contributed by atoms with Gasteiger partial charge in [0.05, 0.1) is 5.69 Å². The number of nitrogens with zero attached hydrogens (tertiary/aromatic N) is 2. The highest BCUT2D eigenvalue weighted by Gasteiger charge is 2.10. The number of hydrogen-bond donors (Lipinski definition) is 0. The summed E-state index contributed by atoms with van der Waals surface area (Å²) in [7, 11) is 1.92. The monoisotopic (exact) mass is 168 g/mol. The molecule has 1 rings (SSSR count). The highest BCUT2D eigenvalue weighted by molar-refractivity contribution is 5.02. The van der Waals surface area contributed by atoms with Crippen LogP contribution >= 0.6 is 0 Å². The molecule has 1 aromatic heterocycles. The van der Waals surface area contributed by atoms with Crippen molar-refractivity contribution in [3.05, 3.63) is 18.0 Å². The molecule has 0 aliphatic carbocycles. The summed E-state index contributed by atoms with van der Waals surface area (Å²) >= 11 is 0. The first-order valence-corrected chi connectivity index (χ1v) is 4.39. The van der Waals surface area contributed by atoms with Crippen LogP contribution in [-0.4, -0.2) is 16.4 Å². The summed E-state index contributed by atoms with van der Waals surface area (Å²) in [6.45, 7) is 4.86. The van der Waals surface area contributed by atoms with Crippen molar-refractivity contribution in [2.45, 2.75) is 26.4 Å². The van der Waals surface area contributed by atoms with E-state index in [0.29, 0.717) is 0 Å². The van der Waals surface area contributed by atoms with E-state index in [9.17, 15) is 0 Å². The van der Waals surface area contributed by atoms with Crippen LogP contribution in [0.1, 0.15) is 32.1 Å². The maximum Gasteiger partial charge on any atom is 0.101 e. The lowest BCUT2D eigenvalue weighted by molar-refractivity contribution is 0.0564. The zero-order valence-electron chi connectivity index (χ0n) is 7.95. The van der Waals surface area contributed by atoms with Gasteiger partial charge < -0.3 is 4.74 Å². The van der Waals surface area contributed by atoms with Crippen molar-refractivity contribution in [1.29, 1.82) is 0 Å². The van der Waals surface area contributed by atoms with Gasteiger partial charge in [-0.2, -0.15) is 5.10 Å². The fraction of sp³-hybridized carbons (Fsp3) is 0.667. The maximum absolute atomic E-state index is 5.51. The topological polar surface area (TPSA) is 27.1 Å². The molecule has 1 heterocycles. The summed E-state index contributed by atoms with van der Waals surface area (Å²) in [6, 6.07) is 2.00. The molecule has 0 aliphatic heterocycles. The van der Waals surface area contributed by atoms with Crippen LogP contribution in [0.3, 0.4) is 0 Å². The first-order valence-electron chi connectivity index (χ1n) is 4.39. The number of ether oxygens (including phenoxy) is 1. The number of hydrogen-bond acceptors (Lipinski definition) is 2. The average Bonchev–Trinajstić information content (AvgIpc) is 2.47. The highest BCUT2D eigenvalue weighted by atomic mass is 16.5. The Morgan fingerprint density at radius 1 is 1.58 bits per heavy atom. The van der Waals surface area contributed by atoms with Crippen LogP contribution in [0.4, 0.5) is 0 Å². The molecule has 0 bridgehead atoms. The Kier molecular flexibility index (Phi) is 3.29. The normalized spacial score (nSPS) is 13.2. The van der Waals surface area contributed by atoms with Gasteiger partial charge in [-0.25, -0.2) is 0 Å². The Morgan fingerprint density at radius 2 is 2.33 bits per heavy atom. The Hall–Kier alpha value is -0.830. The van der Waals surface area contributed by atoms with Gasteiger partial charge in [-0.15, -0.1) is 0 Å². The van der Waals surface area contributed by atoms with E-state index in [2.05, 4.69) is 12.0 Å². The van der Waals surface area contributed by atoms with E-state index in [-0.39, 0.29) is 6.10 Å². The minimum Gasteiger partial charge on any atom is -0.372 e. The Bertz CT molecular complexity index is 232. The summed E-state index contributed by atoms with van der Waals surface area (Å²) in [5.74, 6) is 0. The van der Waals surface area contributed by atoms with Crippen molar-refractivity contribution in [3.63, 3.8) is 0 Å². The van der Waals surface area contributed by atoms with Gasteiger partial charge in [0.2, 0.25) is 0 Å². The summed E-state index contributed by atoms with van der Waals surface area (Å²) in [6.07, 6.45) is 3.08. The standard InChI is InChI=1S/C9H16N2O/c1-4-9(12-5-2)8-6-7-11(3)10-8/h6-7,9H,4-5H2,1-3H3. The van der Waals surface area contributed by atoms with Gasteiger partial charge in [0, 0.05) is 19.9 Å². The highest BCUT2D eigenvalue weighted by Crippen LogP contribution is 2.17. The molecule has 3 heteroatoms. The fourth-order valence-corrected chi connectivity index (χ4v) is 1.22. The number of aromatic nitrogens is 2. The van der Waals surface area contributed by atoms with Crippen LogP contribution < -0.4 is 0 Å². The molecule has 0 saturated carbocycles. The third-order valence-electron chi connectivity index (χ3n) is 1.80. The molecule has 3 nitrogen and oxygen atoms in total. The average molecular weight is 168 g/mol. The van der Waals surface area contributed by atoms with Crippen molar-refractivity contribution in [2.24, 2.45) is 7.05 Å². The molecule has 0 saturated heterocycles. The molecule has 0 radical (unpaired) electrons. The molecule has 1 aromatic rings. The predicted molar refractivity (Wildman–Crippen MR) is 47.9 cm³/mol. The van der Waals surface area contributed by atoms with E-state index < -0.39 is 0 Å². The SMILES string of the molecule is CCOC(CC)c1ccn(C)n1. The van der Waals surface area contributed by atoms with Crippen LogP contribution in [-0.2, 0) is 11.8 Å². The maximum atomic E-state index is 5.51. The van der Waals surface area contributed by atoms with Crippen molar-refractivity contribution in [1.82, 2.24) is 9.78 Å². The van der Waals surface area contributed by atoms with Gasteiger partial charge in [-0.05, 0) is 19.4 Å². The molecule has 0 aromatic carbocycles. The molecule has 1 atom stereocenters. The molecule has 1 unspecified atom stereocenters. The molecule has 0 spiro atoms. The Balaban J connectivity index is 2.66. The zero-order valence-corrected chi connectivity index (χ0v) is 7.95. The van der Waals surface area contributed by atoms with Gasteiger partial charge in [0.1, 0.15) is 6.10 Å². The third kappa shape index (κ3) is 2.08. The van der Waals surface area contributed by atoms with Gasteiger partial charge >= 0.3 is 0 Å². The summed E-state index contributed by atoms with van der Waals surface area (Å²) in [4.78, 5) is 0. The number of aryl methyl sites for hydroxylation is 1. The van der Waals surface area contributed by atoms with E-state index in [4.69, 9.17) is 4.74 Å². The molecule has 12 heavy (non-hydrogen) atoms. The van der Waals surface area contributed by atoms with E-state index in [1.807, 2.05) is 26.2 Å². The lowest BCUT2D eigenvalue weighted by atomic mass is 10.2. The van der Waals surface area contributed by atoms with Gasteiger partial charge in [0.25, 0.3) is 0 Å². The second-order valence-corrected chi connectivity index (χ2v) is 2.77. The van der Waals surface area contributed by atoms with E-state index in [0.717, 1.165) is 18.7 Å². The first-order chi connectivity index (χ1) is 5.77. The molecule has 0 aliphatic rings. The van der Waals surface area contributed by atoms with Crippen LogP contribution in [0.15, 0.2) is 12.3 Å². The van der Waals surface area contributed by atoms with Crippen molar-refractivity contribution >= 4 is 0 Å². The lowest BCUT2D eigenvalue weighted by Crippen LogP contribution is -2.04. The quantitative estimate of drug-likeness (QED) is 0.686. The van der Waals surface area contributed by atoms with E-state index in [1.54, 1.807) is 4.68 Å². The zero-order chi connectivity index (χ0) is 8.97. The summed E-state index contributed by atoms with van der Waals surface area (Å²) < 4.78 is 7.32. The van der Waals surface area contributed by atoms with Crippen LogP contribution in [0, 0.1) is 0 Å². The molecule has 68 valence electrons. The van der Waals surface area contributed by atoms with Crippen LogP contribution in [0.25, 0.3) is 0 Å². The second-order valence-electron chi connectivity index (χ2n) is 2.77. The Morgan fingerprint density at radius 3 is 2.75 bits per heavy atom. The Labute approximate surface area is 73.3 Å². The lowest BCUT2D eigenvalue weighted by Gasteiger charge is -2.11. The third-order valence-corrected chi connectivity index (χ3v) is 1.80. The van der Waals surface area contributed by atoms with Crippen molar-refractivity contribution in [2.75, 3.05) is 6.61 Å². The van der Waals surface area contributed by atoms with Crippen molar-refractivity contribution in [3.8, 4) is 0 Å². The second kappa shape index (κ2) is 4.26. The van der Waals surface area contributed by atoms with Gasteiger partial charge in [-0.3, -0.25) is 4.68 Å². The molecule has 0 amide bonds. The minimum atomic E-state index is 0.163. The molecule has 0 N–H and O–H groups in total. The smallest absolute Gasteiger partial charge is 0.101 e. The van der Waals surface area contributed by atoms with Crippen molar-refractivity contribution < 1.29 is 4.74 Å². The predicted octanol–water partition coefficient (Wildman–Crippen LogP) is 1.91. The van der Waals surface area contributed by atoms with Crippen LogP contribution in [0.2, 0.25) is 0 Å². The largest absolute Gasteiger partial charge is 0.372 e. The first kappa shape index (κ1) is 9.26. The number of rotatable bonds is 4. The van der Waals surface area contributed by atoms with Gasteiger partial charge in [0.15, 0.2) is 0 Å². The molecular weight excluding hydrogens is 152 g/mol. The van der Waals surface area contributed by atoms with Gasteiger partial charge in [-0.1, -0.05) is 6.92 Å². The van der Waals surface area contributed by atoms with E-state index >= 15 is 0 Å². The van der Waals surface area contributed by atoms with Crippen LogP contribution in [0.5, 0.6) is 0 Å². The molecular formula is C9H16N2O. The fourth-order valence-electron chi connectivity index (χ4n) is 1.22. The van der Waals surface area contributed by atoms with E-state index in [1.165, 1.54) is 0 Å². The molecule has 0 fully saturated rings.